The number of carbonyl (C=O) groups excluding carboxylic acids is 3. The third-order valence-corrected chi connectivity index (χ3v) is 10.4. The van der Waals surface area contributed by atoms with Gasteiger partial charge in [-0.05, 0) is 60.3 Å². The molecular formula is C28H36O6. The third kappa shape index (κ3) is 2.87. The van der Waals surface area contributed by atoms with Crippen LogP contribution in [0.5, 0.6) is 0 Å². The molecule has 0 bridgehead atoms. The highest BCUT2D eigenvalue weighted by Crippen LogP contribution is 2.72. The topological polar surface area (TPSA) is 89.9 Å². The number of hydrogen-bond acceptors (Lipinski definition) is 6. The molecule has 0 aromatic rings. The van der Waals surface area contributed by atoms with E-state index in [1.807, 2.05) is 13.8 Å². The Morgan fingerprint density at radius 3 is 2.47 bits per heavy atom. The lowest BCUT2D eigenvalue weighted by Gasteiger charge is -2.66. The second kappa shape index (κ2) is 7.16. The van der Waals surface area contributed by atoms with E-state index in [9.17, 15) is 19.5 Å². The number of aliphatic hydroxyl groups excluding tert-OH is 1. The number of fused-ring (bicyclic) bond motifs is 5. The summed E-state index contributed by atoms with van der Waals surface area (Å²) < 4.78 is 11.1. The maximum atomic E-state index is 12.9. The number of ketones is 1. The van der Waals surface area contributed by atoms with Crippen LogP contribution in [0.1, 0.15) is 67.2 Å². The summed E-state index contributed by atoms with van der Waals surface area (Å²) in [7, 11) is 0. The average Bonchev–Trinajstić information content (AvgIpc) is 3.25. The summed E-state index contributed by atoms with van der Waals surface area (Å²) in [5, 5.41) is 10.4. The largest absolute Gasteiger partial charge is 0.462 e. The van der Waals surface area contributed by atoms with E-state index < -0.39 is 23.1 Å². The van der Waals surface area contributed by atoms with Crippen LogP contribution in [0.4, 0.5) is 0 Å². The van der Waals surface area contributed by atoms with Crippen LogP contribution in [0, 0.1) is 39.4 Å². The zero-order chi connectivity index (χ0) is 24.8. The molecule has 0 saturated heterocycles. The third-order valence-electron chi connectivity index (χ3n) is 10.4. The molecular weight excluding hydrogens is 432 g/mol. The molecule has 8 unspecified atom stereocenters. The fourth-order valence-electron chi connectivity index (χ4n) is 8.82. The molecule has 0 aromatic carbocycles. The Bertz CT molecular complexity index is 1060. The molecule has 1 aliphatic heterocycles. The van der Waals surface area contributed by atoms with Crippen molar-refractivity contribution in [2.75, 3.05) is 0 Å². The number of esters is 2. The Balaban J connectivity index is 1.62. The first kappa shape index (κ1) is 23.5. The summed E-state index contributed by atoms with van der Waals surface area (Å²) >= 11 is 0. The van der Waals surface area contributed by atoms with Crippen molar-refractivity contribution in [1.29, 1.82) is 0 Å². The van der Waals surface area contributed by atoms with Crippen molar-refractivity contribution in [2.45, 2.75) is 79.6 Å². The van der Waals surface area contributed by atoms with Crippen molar-refractivity contribution in [3.05, 3.63) is 35.5 Å². The van der Waals surface area contributed by atoms with Gasteiger partial charge in [-0.1, -0.05) is 52.3 Å². The zero-order valence-corrected chi connectivity index (χ0v) is 21.0. The van der Waals surface area contributed by atoms with Crippen molar-refractivity contribution < 1.29 is 29.0 Å². The number of cyclic esters (lactones) is 1. The highest BCUT2D eigenvalue weighted by Gasteiger charge is 2.68. The highest BCUT2D eigenvalue weighted by molar-refractivity contribution is 5.95. The normalized spacial score (nSPS) is 46.6. The molecule has 6 nitrogen and oxygen atoms in total. The molecule has 34 heavy (non-hydrogen) atoms. The number of ether oxygens (including phenoxy) is 2. The van der Waals surface area contributed by atoms with E-state index >= 15 is 0 Å². The monoisotopic (exact) mass is 468 g/mol. The lowest BCUT2D eigenvalue weighted by Crippen LogP contribution is -2.64. The summed E-state index contributed by atoms with van der Waals surface area (Å²) in [6, 6.07) is 0. The molecule has 1 N–H and O–H groups in total. The second-order valence-electron chi connectivity index (χ2n) is 12.3. The summed E-state index contributed by atoms with van der Waals surface area (Å²) in [5.41, 5.74) is 0.449. The van der Waals surface area contributed by atoms with Gasteiger partial charge in [-0.25, -0.2) is 4.79 Å². The van der Waals surface area contributed by atoms with Gasteiger partial charge in [0.1, 0.15) is 6.10 Å². The smallest absolute Gasteiger partial charge is 0.333 e. The molecule has 0 aromatic heterocycles. The molecule has 4 aliphatic carbocycles. The van der Waals surface area contributed by atoms with E-state index in [1.165, 1.54) is 18.6 Å². The number of hydrogen-bond donors (Lipinski definition) is 1. The molecule has 0 spiro atoms. The summed E-state index contributed by atoms with van der Waals surface area (Å²) in [6.45, 7) is 12.2. The fraction of sp³-hybridized carbons (Fsp3) is 0.679. The number of rotatable bonds is 2. The Kier molecular flexibility index (Phi) is 4.95. The first-order chi connectivity index (χ1) is 15.8. The summed E-state index contributed by atoms with van der Waals surface area (Å²) in [4.78, 5) is 37.1. The Morgan fingerprint density at radius 1 is 1.15 bits per heavy atom. The Labute approximate surface area is 201 Å². The van der Waals surface area contributed by atoms with Crippen LogP contribution in [0.3, 0.4) is 0 Å². The SMILES string of the molecule is CC(=O)OC1CC2C(C)(C)C(=O)C=CC2(C)C2CCC3(C)C(=CCC3C3=CC(=O)OC3O)C12C. The van der Waals surface area contributed by atoms with Crippen LogP contribution in [-0.4, -0.2) is 35.2 Å². The maximum Gasteiger partial charge on any atom is 0.333 e. The summed E-state index contributed by atoms with van der Waals surface area (Å²) in [5.74, 6) is -0.459. The fourth-order valence-corrected chi connectivity index (χ4v) is 8.82. The van der Waals surface area contributed by atoms with E-state index in [0.717, 1.165) is 12.8 Å². The molecule has 5 aliphatic rings. The quantitative estimate of drug-likeness (QED) is 0.481. The van der Waals surface area contributed by atoms with Crippen LogP contribution < -0.4 is 0 Å². The van der Waals surface area contributed by atoms with Crippen molar-refractivity contribution in [1.82, 2.24) is 0 Å². The van der Waals surface area contributed by atoms with E-state index in [-0.39, 0.29) is 46.4 Å². The molecule has 1 heterocycles. The molecule has 8 atom stereocenters. The highest BCUT2D eigenvalue weighted by atomic mass is 16.6. The molecule has 6 heteroatoms. The Hall–Kier alpha value is -2.21. The van der Waals surface area contributed by atoms with Crippen molar-refractivity contribution in [3.8, 4) is 0 Å². The molecule has 0 radical (unpaired) electrons. The van der Waals surface area contributed by atoms with E-state index in [0.29, 0.717) is 18.4 Å². The second-order valence-corrected chi connectivity index (χ2v) is 12.3. The molecule has 0 amide bonds. The predicted molar refractivity (Wildman–Crippen MR) is 125 cm³/mol. The van der Waals surface area contributed by atoms with Crippen molar-refractivity contribution in [2.24, 2.45) is 39.4 Å². The van der Waals surface area contributed by atoms with Crippen LogP contribution in [0.2, 0.25) is 0 Å². The molecule has 2 fully saturated rings. The van der Waals surface area contributed by atoms with Crippen molar-refractivity contribution >= 4 is 17.7 Å². The molecule has 184 valence electrons. The lowest BCUT2D eigenvalue weighted by molar-refractivity contribution is -0.187. The van der Waals surface area contributed by atoms with Crippen LogP contribution in [0.25, 0.3) is 0 Å². The van der Waals surface area contributed by atoms with Gasteiger partial charge in [0.25, 0.3) is 0 Å². The number of allylic oxidation sites excluding steroid dienone is 3. The van der Waals surface area contributed by atoms with E-state index in [4.69, 9.17) is 9.47 Å². The van der Waals surface area contributed by atoms with Gasteiger partial charge in [-0.2, -0.15) is 0 Å². The number of carbonyl (C=O) groups is 3. The minimum Gasteiger partial charge on any atom is -0.462 e. The minimum absolute atomic E-state index is 0.0369. The van der Waals surface area contributed by atoms with E-state index in [1.54, 1.807) is 6.08 Å². The van der Waals surface area contributed by atoms with Gasteiger partial charge in [-0.15, -0.1) is 0 Å². The average molecular weight is 469 g/mol. The molecule has 5 rings (SSSR count). The van der Waals surface area contributed by atoms with E-state index in [2.05, 4.69) is 32.9 Å². The maximum absolute atomic E-state index is 12.9. The van der Waals surface area contributed by atoms with Gasteiger partial charge in [0, 0.05) is 29.4 Å². The first-order valence-corrected chi connectivity index (χ1v) is 12.5. The van der Waals surface area contributed by atoms with Gasteiger partial charge in [0.15, 0.2) is 5.78 Å². The van der Waals surface area contributed by atoms with Gasteiger partial charge in [-0.3, -0.25) is 9.59 Å². The van der Waals surface area contributed by atoms with Crippen LogP contribution in [-0.2, 0) is 23.9 Å². The minimum atomic E-state index is -1.20. The Morgan fingerprint density at radius 2 is 1.85 bits per heavy atom. The van der Waals surface area contributed by atoms with Crippen LogP contribution in [0.15, 0.2) is 35.5 Å². The standard InChI is InChI=1S/C28H36O6/c1-15(29)33-22-14-20-25(2,3)21(30)10-12-27(20,5)19-9-11-26(4)17(7-8-18(26)28(19,22)6)16-13-23(31)34-24(16)32/h8,10,12-13,17,19-20,22,24,32H,7,9,11,14H2,1-6H3. The molecule has 2 saturated carbocycles. The van der Waals surface area contributed by atoms with Crippen molar-refractivity contribution in [3.63, 3.8) is 0 Å². The zero-order valence-electron chi connectivity index (χ0n) is 21.0. The van der Waals surface area contributed by atoms with Crippen LogP contribution >= 0.6 is 0 Å². The number of aliphatic hydroxyl groups is 1. The van der Waals surface area contributed by atoms with Gasteiger partial charge in [0.2, 0.25) is 6.29 Å². The van der Waals surface area contributed by atoms with Gasteiger partial charge >= 0.3 is 11.9 Å². The predicted octanol–water partition coefficient (Wildman–Crippen LogP) is 4.28. The van der Waals surface area contributed by atoms with Gasteiger partial charge in [0.05, 0.1) is 0 Å². The first-order valence-electron chi connectivity index (χ1n) is 12.5. The van der Waals surface area contributed by atoms with Gasteiger partial charge < -0.3 is 14.6 Å². The lowest BCUT2D eigenvalue weighted by atomic mass is 9.38. The summed E-state index contributed by atoms with van der Waals surface area (Å²) in [6.07, 6.45) is 9.18.